The number of hydrogen-bond acceptors (Lipinski definition) is 3. The molecule has 1 amide bonds. The average Bonchev–Trinajstić information content (AvgIpc) is 2.46. The lowest BCUT2D eigenvalue weighted by Gasteiger charge is -2.31. The summed E-state index contributed by atoms with van der Waals surface area (Å²) in [4.78, 5) is 13.8. The summed E-state index contributed by atoms with van der Waals surface area (Å²) in [5.41, 5.74) is 8.73. The molecular formula is C17H23ClN2O2. The minimum atomic E-state index is -0.463. The zero-order valence-corrected chi connectivity index (χ0v) is 14.1. The number of amides is 1. The second-order valence-electron chi connectivity index (χ2n) is 6.49. The first-order valence-corrected chi connectivity index (χ1v) is 7.85. The SMILES string of the molecule is CC(C)(C)OC(=O)N1CCC(=C(N)c2ccc(Cl)cc2)CC1. The molecule has 0 bridgehead atoms. The molecular weight excluding hydrogens is 300 g/mol. The van der Waals surface area contributed by atoms with E-state index in [1.165, 1.54) is 5.57 Å². The number of nitrogens with zero attached hydrogens (tertiary/aromatic N) is 1. The van der Waals surface area contributed by atoms with E-state index in [-0.39, 0.29) is 6.09 Å². The third-order valence-electron chi connectivity index (χ3n) is 3.55. The zero-order valence-electron chi connectivity index (χ0n) is 13.4. The molecule has 0 aliphatic carbocycles. The molecule has 1 fully saturated rings. The van der Waals surface area contributed by atoms with Crippen LogP contribution in [0.4, 0.5) is 4.79 Å². The number of hydrogen-bond donors (Lipinski definition) is 1. The normalized spacial score (nSPS) is 15.6. The molecule has 0 unspecified atom stereocenters. The Bertz CT molecular complexity index is 563. The summed E-state index contributed by atoms with van der Waals surface area (Å²) in [6, 6.07) is 7.51. The molecule has 2 N–H and O–H groups in total. The Morgan fingerprint density at radius 3 is 2.23 bits per heavy atom. The number of rotatable bonds is 1. The molecule has 120 valence electrons. The summed E-state index contributed by atoms with van der Waals surface area (Å²) in [6.07, 6.45) is 1.29. The van der Waals surface area contributed by atoms with Crippen LogP contribution in [-0.2, 0) is 4.74 Å². The molecule has 2 rings (SSSR count). The molecule has 5 heteroatoms. The molecule has 1 heterocycles. The van der Waals surface area contributed by atoms with E-state index in [4.69, 9.17) is 22.1 Å². The van der Waals surface area contributed by atoms with Crippen molar-refractivity contribution in [3.05, 3.63) is 40.4 Å². The van der Waals surface area contributed by atoms with Crippen molar-refractivity contribution >= 4 is 23.4 Å². The number of benzene rings is 1. The van der Waals surface area contributed by atoms with Crippen LogP contribution in [0.15, 0.2) is 29.8 Å². The van der Waals surface area contributed by atoms with Crippen molar-refractivity contribution in [1.82, 2.24) is 4.90 Å². The van der Waals surface area contributed by atoms with Crippen molar-refractivity contribution in [3.63, 3.8) is 0 Å². The fourth-order valence-electron chi connectivity index (χ4n) is 2.39. The number of ether oxygens (including phenoxy) is 1. The molecule has 1 aromatic rings. The quantitative estimate of drug-likeness (QED) is 0.849. The maximum Gasteiger partial charge on any atom is 0.410 e. The first kappa shape index (κ1) is 16.7. The summed E-state index contributed by atoms with van der Waals surface area (Å²) in [6.45, 7) is 6.90. The largest absolute Gasteiger partial charge is 0.444 e. The lowest BCUT2D eigenvalue weighted by molar-refractivity contribution is 0.0236. The summed E-state index contributed by atoms with van der Waals surface area (Å²) in [7, 11) is 0. The van der Waals surface area contributed by atoms with Crippen LogP contribution in [0, 0.1) is 0 Å². The Kier molecular flexibility index (Phi) is 5.01. The minimum Gasteiger partial charge on any atom is -0.444 e. The van der Waals surface area contributed by atoms with Gasteiger partial charge in [0.2, 0.25) is 0 Å². The molecule has 1 aliphatic heterocycles. The topological polar surface area (TPSA) is 55.6 Å². The number of likely N-dealkylation sites (tertiary alicyclic amines) is 1. The van der Waals surface area contributed by atoms with E-state index in [2.05, 4.69) is 0 Å². The molecule has 0 atom stereocenters. The van der Waals surface area contributed by atoms with Gasteiger partial charge in [0.05, 0.1) is 0 Å². The van der Waals surface area contributed by atoms with Crippen LogP contribution >= 0.6 is 11.6 Å². The number of nitrogens with two attached hydrogens (primary N) is 1. The van der Waals surface area contributed by atoms with Gasteiger partial charge >= 0.3 is 6.09 Å². The number of carbonyl (C=O) groups excluding carboxylic acids is 1. The first-order valence-electron chi connectivity index (χ1n) is 7.47. The van der Waals surface area contributed by atoms with E-state index in [0.717, 1.165) is 24.1 Å². The molecule has 1 saturated heterocycles. The lowest BCUT2D eigenvalue weighted by Crippen LogP contribution is -2.40. The molecule has 1 aliphatic rings. The van der Waals surface area contributed by atoms with E-state index in [9.17, 15) is 4.79 Å². The fraction of sp³-hybridized carbons (Fsp3) is 0.471. The lowest BCUT2D eigenvalue weighted by atomic mass is 9.98. The molecule has 0 saturated carbocycles. The van der Waals surface area contributed by atoms with Crippen molar-refractivity contribution in [2.45, 2.75) is 39.2 Å². The Morgan fingerprint density at radius 2 is 1.73 bits per heavy atom. The van der Waals surface area contributed by atoms with Crippen molar-refractivity contribution < 1.29 is 9.53 Å². The Balaban J connectivity index is 2.00. The summed E-state index contributed by atoms with van der Waals surface area (Å²) in [5.74, 6) is 0. The molecule has 0 spiro atoms. The predicted octanol–water partition coefficient (Wildman–Crippen LogP) is 4.04. The van der Waals surface area contributed by atoms with Crippen molar-refractivity contribution in [3.8, 4) is 0 Å². The van der Waals surface area contributed by atoms with Gasteiger partial charge in [-0.1, -0.05) is 23.7 Å². The monoisotopic (exact) mass is 322 g/mol. The highest BCUT2D eigenvalue weighted by Crippen LogP contribution is 2.25. The Labute approximate surface area is 136 Å². The number of halogens is 1. The van der Waals surface area contributed by atoms with Crippen LogP contribution in [0.5, 0.6) is 0 Å². The Hall–Kier alpha value is -1.68. The van der Waals surface area contributed by atoms with Crippen LogP contribution in [0.1, 0.15) is 39.2 Å². The van der Waals surface area contributed by atoms with E-state index in [0.29, 0.717) is 18.1 Å². The van der Waals surface area contributed by atoms with Crippen molar-refractivity contribution in [2.24, 2.45) is 5.73 Å². The first-order chi connectivity index (χ1) is 10.3. The van der Waals surface area contributed by atoms with E-state index in [1.54, 1.807) is 4.90 Å². The van der Waals surface area contributed by atoms with Gasteiger partial charge < -0.3 is 15.4 Å². The van der Waals surface area contributed by atoms with Gasteiger partial charge in [0, 0.05) is 23.8 Å². The molecule has 4 nitrogen and oxygen atoms in total. The van der Waals surface area contributed by atoms with Gasteiger partial charge in [-0.3, -0.25) is 0 Å². The van der Waals surface area contributed by atoms with Crippen molar-refractivity contribution in [1.29, 1.82) is 0 Å². The van der Waals surface area contributed by atoms with Gasteiger partial charge in [-0.2, -0.15) is 0 Å². The summed E-state index contributed by atoms with van der Waals surface area (Å²) < 4.78 is 5.40. The van der Waals surface area contributed by atoms with Gasteiger partial charge in [0.15, 0.2) is 0 Å². The van der Waals surface area contributed by atoms with Crippen LogP contribution in [-0.4, -0.2) is 29.7 Å². The second kappa shape index (κ2) is 6.61. The third kappa shape index (κ3) is 4.41. The third-order valence-corrected chi connectivity index (χ3v) is 3.81. The molecule has 0 radical (unpaired) electrons. The maximum absolute atomic E-state index is 12.0. The van der Waals surface area contributed by atoms with Crippen LogP contribution in [0.2, 0.25) is 5.02 Å². The predicted molar refractivity (Wildman–Crippen MR) is 89.6 cm³/mol. The second-order valence-corrected chi connectivity index (χ2v) is 6.93. The van der Waals surface area contributed by atoms with Gasteiger partial charge in [-0.15, -0.1) is 0 Å². The van der Waals surface area contributed by atoms with Gasteiger partial charge in [0.25, 0.3) is 0 Å². The maximum atomic E-state index is 12.0. The highest BCUT2D eigenvalue weighted by Gasteiger charge is 2.25. The molecule has 1 aromatic carbocycles. The highest BCUT2D eigenvalue weighted by atomic mass is 35.5. The zero-order chi connectivity index (χ0) is 16.3. The molecule has 22 heavy (non-hydrogen) atoms. The fourth-order valence-corrected chi connectivity index (χ4v) is 2.51. The van der Waals surface area contributed by atoms with Gasteiger partial charge in [-0.05, 0) is 56.9 Å². The number of piperidine rings is 1. The highest BCUT2D eigenvalue weighted by molar-refractivity contribution is 6.30. The summed E-state index contributed by atoms with van der Waals surface area (Å²) >= 11 is 5.89. The van der Waals surface area contributed by atoms with Gasteiger partial charge in [0.1, 0.15) is 5.60 Å². The molecule has 0 aromatic heterocycles. The standard InChI is InChI=1S/C17H23ClN2O2/c1-17(2,3)22-16(21)20-10-8-13(9-11-20)15(19)12-4-6-14(18)7-5-12/h4-7H,8-11,19H2,1-3H3. The summed E-state index contributed by atoms with van der Waals surface area (Å²) in [5, 5.41) is 0.696. The Morgan fingerprint density at radius 1 is 1.18 bits per heavy atom. The van der Waals surface area contributed by atoms with Crippen LogP contribution < -0.4 is 5.73 Å². The average molecular weight is 323 g/mol. The van der Waals surface area contributed by atoms with Gasteiger partial charge in [-0.25, -0.2) is 4.79 Å². The van der Waals surface area contributed by atoms with Crippen LogP contribution in [0.3, 0.4) is 0 Å². The smallest absolute Gasteiger partial charge is 0.410 e. The van der Waals surface area contributed by atoms with Crippen LogP contribution in [0.25, 0.3) is 5.70 Å². The van der Waals surface area contributed by atoms with E-state index >= 15 is 0 Å². The number of carbonyl (C=O) groups is 1. The van der Waals surface area contributed by atoms with E-state index < -0.39 is 5.60 Å². The van der Waals surface area contributed by atoms with E-state index in [1.807, 2.05) is 45.0 Å². The minimum absolute atomic E-state index is 0.253. The van der Waals surface area contributed by atoms with Crippen molar-refractivity contribution in [2.75, 3.05) is 13.1 Å².